The van der Waals surface area contributed by atoms with Crippen LogP contribution in [0.25, 0.3) is 0 Å². The number of rotatable bonds is 7. The molecule has 0 saturated heterocycles. The summed E-state index contributed by atoms with van der Waals surface area (Å²) in [5.74, 6) is 1.06. The number of amides is 2. The number of para-hydroxylation sites is 1. The Labute approximate surface area is 139 Å². The monoisotopic (exact) mass is 333 g/mol. The Hall–Kier alpha value is -2.28. The highest BCUT2D eigenvalue weighted by molar-refractivity contribution is 8.00. The number of anilines is 2. The first-order valence-electron chi connectivity index (χ1n) is 7.27. The molecule has 23 heavy (non-hydrogen) atoms. The molecule has 2 amide bonds. The minimum Gasteiger partial charge on any atom is -0.360 e. The average molecular weight is 333 g/mol. The van der Waals surface area contributed by atoms with Crippen molar-refractivity contribution in [1.29, 1.82) is 0 Å². The lowest BCUT2D eigenvalue weighted by Gasteiger charge is -2.09. The molecule has 0 aliphatic heterocycles. The van der Waals surface area contributed by atoms with Gasteiger partial charge in [-0.15, -0.1) is 11.8 Å². The summed E-state index contributed by atoms with van der Waals surface area (Å²) in [5, 5.41) is 9.16. The second kappa shape index (κ2) is 8.38. The number of benzene rings is 1. The molecule has 2 rings (SSSR count). The van der Waals surface area contributed by atoms with Crippen molar-refractivity contribution in [3.05, 3.63) is 41.7 Å². The summed E-state index contributed by atoms with van der Waals surface area (Å²) in [6.45, 7) is 3.78. The molecule has 0 aliphatic carbocycles. The molecule has 1 aromatic carbocycles. The first-order valence-corrected chi connectivity index (χ1v) is 8.42. The molecule has 122 valence electrons. The van der Waals surface area contributed by atoms with Crippen LogP contribution in [0.4, 0.5) is 11.5 Å². The van der Waals surface area contributed by atoms with Crippen LogP contribution >= 0.6 is 11.8 Å². The molecule has 0 atom stereocenters. The van der Waals surface area contributed by atoms with Gasteiger partial charge in [0.25, 0.3) is 0 Å². The minimum atomic E-state index is -0.218. The number of hydrogen-bond donors (Lipinski definition) is 2. The molecular formula is C16H19N3O3S. The maximum atomic E-state index is 11.9. The fourth-order valence-electron chi connectivity index (χ4n) is 1.98. The van der Waals surface area contributed by atoms with E-state index in [1.165, 1.54) is 11.8 Å². The van der Waals surface area contributed by atoms with Crippen LogP contribution in [0.3, 0.4) is 0 Å². The Balaban J connectivity index is 1.73. The molecule has 0 spiro atoms. The lowest BCUT2D eigenvalue weighted by Crippen LogP contribution is -2.19. The summed E-state index contributed by atoms with van der Waals surface area (Å²) in [5.41, 5.74) is 1.91. The Morgan fingerprint density at radius 1 is 1.17 bits per heavy atom. The fourth-order valence-corrected chi connectivity index (χ4v) is 2.59. The minimum absolute atomic E-state index is 0.124. The second-order valence-electron chi connectivity index (χ2n) is 4.92. The van der Waals surface area contributed by atoms with Crippen LogP contribution in [0.5, 0.6) is 0 Å². The highest BCUT2D eigenvalue weighted by Gasteiger charge is 2.09. The smallest absolute Gasteiger partial charge is 0.235 e. The standard InChI is InChI=1S/C16H19N3O3S/c1-3-12-6-4-5-7-13(12)17-15(20)9-23-10-16(21)18-14-8-11(2)22-19-14/h4-8H,3,9-10H2,1-2H3,(H,17,20)(H,18,19,21). The van der Waals surface area contributed by atoms with Gasteiger partial charge in [0.1, 0.15) is 5.76 Å². The van der Waals surface area contributed by atoms with Crippen LogP contribution in [-0.4, -0.2) is 28.5 Å². The summed E-state index contributed by atoms with van der Waals surface area (Å²) in [7, 11) is 0. The van der Waals surface area contributed by atoms with E-state index in [0.717, 1.165) is 17.7 Å². The molecule has 0 aliphatic rings. The van der Waals surface area contributed by atoms with Gasteiger partial charge in [-0.2, -0.15) is 0 Å². The molecule has 2 N–H and O–H groups in total. The largest absolute Gasteiger partial charge is 0.360 e. The van der Waals surface area contributed by atoms with Crippen molar-refractivity contribution < 1.29 is 14.1 Å². The number of hydrogen-bond acceptors (Lipinski definition) is 5. The Morgan fingerprint density at radius 2 is 1.87 bits per heavy atom. The SMILES string of the molecule is CCc1ccccc1NC(=O)CSCC(=O)Nc1cc(C)on1. The van der Waals surface area contributed by atoms with Gasteiger partial charge in [0.15, 0.2) is 5.82 Å². The zero-order chi connectivity index (χ0) is 16.7. The van der Waals surface area contributed by atoms with E-state index in [-0.39, 0.29) is 23.3 Å². The van der Waals surface area contributed by atoms with Gasteiger partial charge in [0, 0.05) is 11.8 Å². The maximum Gasteiger partial charge on any atom is 0.235 e. The molecular weight excluding hydrogens is 314 g/mol. The van der Waals surface area contributed by atoms with Gasteiger partial charge < -0.3 is 15.2 Å². The van der Waals surface area contributed by atoms with Crippen LogP contribution in [0, 0.1) is 6.92 Å². The highest BCUT2D eigenvalue weighted by atomic mass is 32.2. The predicted octanol–water partition coefficient (Wildman–Crippen LogP) is 2.86. The van der Waals surface area contributed by atoms with Gasteiger partial charge >= 0.3 is 0 Å². The van der Waals surface area contributed by atoms with Crippen molar-refractivity contribution >= 4 is 35.1 Å². The number of nitrogens with one attached hydrogen (secondary N) is 2. The molecule has 0 bridgehead atoms. The zero-order valence-electron chi connectivity index (χ0n) is 13.1. The van der Waals surface area contributed by atoms with Gasteiger partial charge in [-0.05, 0) is 25.0 Å². The summed E-state index contributed by atoms with van der Waals surface area (Å²) in [4.78, 5) is 23.6. The Kier molecular flexibility index (Phi) is 6.22. The molecule has 2 aromatic rings. The van der Waals surface area contributed by atoms with Gasteiger partial charge in [0.05, 0.1) is 11.5 Å². The lowest BCUT2D eigenvalue weighted by molar-refractivity contribution is -0.114. The van der Waals surface area contributed by atoms with E-state index in [1.807, 2.05) is 31.2 Å². The molecule has 0 radical (unpaired) electrons. The Bertz CT molecular complexity index is 685. The molecule has 1 heterocycles. The summed E-state index contributed by atoms with van der Waals surface area (Å²) in [6, 6.07) is 9.32. The van der Waals surface area contributed by atoms with E-state index in [4.69, 9.17) is 4.52 Å². The summed E-state index contributed by atoms with van der Waals surface area (Å²) >= 11 is 1.25. The molecule has 0 saturated carbocycles. The van der Waals surface area contributed by atoms with Gasteiger partial charge in [-0.3, -0.25) is 9.59 Å². The predicted molar refractivity (Wildman–Crippen MR) is 91.6 cm³/mol. The number of carbonyl (C=O) groups is 2. The van der Waals surface area contributed by atoms with Crippen molar-refractivity contribution in [2.45, 2.75) is 20.3 Å². The molecule has 0 unspecified atom stereocenters. The molecule has 1 aromatic heterocycles. The maximum absolute atomic E-state index is 11.9. The third-order valence-corrected chi connectivity index (χ3v) is 3.97. The van der Waals surface area contributed by atoms with Gasteiger partial charge in [-0.25, -0.2) is 0 Å². The third-order valence-electron chi connectivity index (χ3n) is 3.03. The van der Waals surface area contributed by atoms with Crippen molar-refractivity contribution in [1.82, 2.24) is 5.16 Å². The van der Waals surface area contributed by atoms with Crippen LogP contribution in [-0.2, 0) is 16.0 Å². The van der Waals surface area contributed by atoms with Crippen molar-refractivity contribution in [3.63, 3.8) is 0 Å². The number of thioether (sulfide) groups is 1. The van der Waals surface area contributed by atoms with Crippen LogP contribution in [0.2, 0.25) is 0 Å². The topological polar surface area (TPSA) is 84.2 Å². The summed E-state index contributed by atoms with van der Waals surface area (Å²) < 4.78 is 4.86. The van der Waals surface area contributed by atoms with E-state index in [1.54, 1.807) is 13.0 Å². The number of aryl methyl sites for hydroxylation is 2. The first-order chi connectivity index (χ1) is 11.1. The zero-order valence-corrected chi connectivity index (χ0v) is 13.9. The summed E-state index contributed by atoms with van der Waals surface area (Å²) in [6.07, 6.45) is 0.850. The first kappa shape index (κ1) is 17.1. The normalized spacial score (nSPS) is 10.3. The molecule has 0 fully saturated rings. The van der Waals surface area contributed by atoms with Crippen molar-refractivity contribution in [2.75, 3.05) is 22.1 Å². The van der Waals surface area contributed by atoms with Gasteiger partial charge in [-0.1, -0.05) is 30.3 Å². The van der Waals surface area contributed by atoms with Crippen LogP contribution in [0.1, 0.15) is 18.2 Å². The Morgan fingerprint density at radius 3 is 2.52 bits per heavy atom. The highest BCUT2D eigenvalue weighted by Crippen LogP contribution is 2.16. The van der Waals surface area contributed by atoms with E-state index >= 15 is 0 Å². The molecule has 7 heteroatoms. The van der Waals surface area contributed by atoms with E-state index in [0.29, 0.717) is 11.6 Å². The van der Waals surface area contributed by atoms with E-state index in [2.05, 4.69) is 15.8 Å². The third kappa shape index (κ3) is 5.45. The average Bonchev–Trinajstić information content (AvgIpc) is 2.92. The van der Waals surface area contributed by atoms with E-state index in [9.17, 15) is 9.59 Å². The fraction of sp³-hybridized carbons (Fsp3) is 0.312. The number of carbonyl (C=O) groups excluding carboxylic acids is 2. The quantitative estimate of drug-likeness (QED) is 0.814. The lowest BCUT2D eigenvalue weighted by atomic mass is 10.1. The van der Waals surface area contributed by atoms with Crippen LogP contribution < -0.4 is 10.6 Å². The van der Waals surface area contributed by atoms with Crippen LogP contribution in [0.15, 0.2) is 34.9 Å². The van der Waals surface area contributed by atoms with Crippen molar-refractivity contribution in [2.24, 2.45) is 0 Å². The number of aromatic nitrogens is 1. The van der Waals surface area contributed by atoms with Crippen molar-refractivity contribution in [3.8, 4) is 0 Å². The van der Waals surface area contributed by atoms with E-state index < -0.39 is 0 Å². The molecule has 6 nitrogen and oxygen atoms in total. The second-order valence-corrected chi connectivity index (χ2v) is 5.91. The number of nitrogens with zero attached hydrogens (tertiary/aromatic N) is 1. The van der Waals surface area contributed by atoms with Gasteiger partial charge in [0.2, 0.25) is 11.8 Å².